The summed E-state index contributed by atoms with van der Waals surface area (Å²) in [6.07, 6.45) is 0. The van der Waals surface area contributed by atoms with Gasteiger partial charge in [-0.2, -0.15) is 5.90 Å². The van der Waals surface area contributed by atoms with E-state index in [1.54, 1.807) is 30.3 Å². The maximum atomic E-state index is 11.3. The van der Waals surface area contributed by atoms with Gasteiger partial charge in [0.25, 0.3) is 5.91 Å². The predicted octanol–water partition coefficient (Wildman–Crippen LogP) is -0.815. The molecule has 0 aliphatic rings. The van der Waals surface area contributed by atoms with Crippen molar-refractivity contribution in [2.24, 2.45) is 5.90 Å². The number of nitrogens with one attached hydrogen (secondary N) is 1. The van der Waals surface area contributed by atoms with Crippen molar-refractivity contribution in [1.82, 2.24) is 5.32 Å². The molecule has 0 spiro atoms. The normalized spacial score (nSPS) is 8.60. The molecule has 0 unspecified atom stereocenters. The molecule has 1 aromatic rings. The van der Waals surface area contributed by atoms with Crippen LogP contribution in [0.5, 0.6) is 0 Å². The van der Waals surface area contributed by atoms with Crippen molar-refractivity contribution in [2.45, 2.75) is 0 Å². The van der Waals surface area contributed by atoms with Gasteiger partial charge in [-0.05, 0) is 12.1 Å². The van der Waals surface area contributed by atoms with E-state index in [-0.39, 0.29) is 42.0 Å². The monoisotopic (exact) mass is 218 g/mol. The zero-order valence-corrected chi connectivity index (χ0v) is 7.40. The van der Waals surface area contributed by atoms with Crippen LogP contribution in [0, 0.1) is 0 Å². The molecule has 0 atom stereocenters. The number of amides is 1. The molecule has 0 radical (unpaired) electrons. The minimum atomic E-state index is -0.686. The second-order valence-corrected chi connectivity index (χ2v) is 2.54. The first-order valence-electron chi connectivity index (χ1n) is 3.97. The van der Waals surface area contributed by atoms with Crippen LogP contribution in [-0.4, -0.2) is 48.0 Å². The Morgan fingerprint density at radius 3 is 2.40 bits per heavy atom. The summed E-state index contributed by atoms with van der Waals surface area (Å²) in [5, 5.41) is 2.36. The molecule has 0 heterocycles. The molecule has 0 aliphatic heterocycles. The number of carbonyl (C=O) groups is 2. The van der Waals surface area contributed by atoms with Crippen LogP contribution in [0.2, 0.25) is 0 Å². The van der Waals surface area contributed by atoms with Crippen molar-refractivity contribution in [3.05, 3.63) is 35.9 Å². The molecular formula is C9H11N2NaO3. The van der Waals surface area contributed by atoms with E-state index in [2.05, 4.69) is 16.1 Å². The SMILES string of the molecule is NOC(=O)CNC(=O)c1ccccc1.[NaH]. The van der Waals surface area contributed by atoms with Gasteiger partial charge >= 0.3 is 35.5 Å². The average Bonchev–Trinajstić information content (AvgIpc) is 2.26. The fourth-order valence-electron chi connectivity index (χ4n) is 0.886. The molecule has 0 saturated carbocycles. The Balaban J connectivity index is 0.00000196. The molecule has 0 saturated heterocycles. The van der Waals surface area contributed by atoms with E-state index < -0.39 is 5.97 Å². The van der Waals surface area contributed by atoms with E-state index in [0.29, 0.717) is 5.56 Å². The maximum absolute atomic E-state index is 11.3. The Morgan fingerprint density at radius 2 is 1.87 bits per heavy atom. The summed E-state index contributed by atoms with van der Waals surface area (Å²) in [6.45, 7) is -0.232. The Hall–Kier alpha value is -0.880. The van der Waals surface area contributed by atoms with E-state index >= 15 is 0 Å². The number of hydrogen-bond donors (Lipinski definition) is 2. The van der Waals surface area contributed by atoms with Gasteiger partial charge in [-0.3, -0.25) is 4.79 Å². The van der Waals surface area contributed by atoms with Crippen LogP contribution in [0.1, 0.15) is 10.4 Å². The molecule has 3 N–H and O–H groups in total. The van der Waals surface area contributed by atoms with Gasteiger partial charge in [0.05, 0.1) is 0 Å². The van der Waals surface area contributed by atoms with Gasteiger partial charge in [0.15, 0.2) is 0 Å². The first-order chi connectivity index (χ1) is 6.74. The molecule has 1 amide bonds. The quantitative estimate of drug-likeness (QED) is 0.513. The third kappa shape index (κ3) is 4.94. The van der Waals surface area contributed by atoms with Crippen LogP contribution in [0.4, 0.5) is 0 Å². The predicted molar refractivity (Wildman–Crippen MR) is 56.2 cm³/mol. The summed E-state index contributed by atoms with van der Waals surface area (Å²) in [7, 11) is 0. The summed E-state index contributed by atoms with van der Waals surface area (Å²) >= 11 is 0. The Kier molecular flexibility index (Phi) is 6.98. The van der Waals surface area contributed by atoms with Gasteiger partial charge in [-0.1, -0.05) is 18.2 Å². The van der Waals surface area contributed by atoms with Gasteiger partial charge in [0, 0.05) is 5.56 Å². The van der Waals surface area contributed by atoms with Crippen molar-refractivity contribution < 1.29 is 14.4 Å². The van der Waals surface area contributed by atoms with E-state index in [4.69, 9.17) is 0 Å². The van der Waals surface area contributed by atoms with Gasteiger partial charge < -0.3 is 10.2 Å². The van der Waals surface area contributed by atoms with Gasteiger partial charge in [-0.15, -0.1) is 0 Å². The van der Waals surface area contributed by atoms with E-state index in [1.807, 2.05) is 0 Å². The molecular weight excluding hydrogens is 207 g/mol. The number of hydrogen-bond acceptors (Lipinski definition) is 4. The summed E-state index contributed by atoms with van der Waals surface area (Å²) in [4.78, 5) is 25.8. The molecule has 0 aliphatic carbocycles. The van der Waals surface area contributed by atoms with Crippen molar-refractivity contribution in [3.8, 4) is 0 Å². The molecule has 1 aromatic carbocycles. The minimum absolute atomic E-state index is 0. The molecule has 5 nitrogen and oxygen atoms in total. The third-order valence-corrected chi connectivity index (χ3v) is 1.56. The molecule has 0 fully saturated rings. The Labute approximate surface area is 109 Å². The molecule has 0 bridgehead atoms. The standard InChI is InChI=1S/C9H10N2O3.Na.H/c10-14-8(12)6-11-9(13)7-4-2-1-3-5-7;;/h1-5H,6,10H2,(H,11,13);;. The topological polar surface area (TPSA) is 81.4 Å². The zero-order valence-electron chi connectivity index (χ0n) is 7.40. The second kappa shape index (κ2) is 7.42. The summed E-state index contributed by atoms with van der Waals surface area (Å²) in [6, 6.07) is 8.55. The van der Waals surface area contributed by atoms with Crippen molar-refractivity contribution >= 4 is 41.4 Å². The first-order valence-corrected chi connectivity index (χ1v) is 3.97. The van der Waals surface area contributed by atoms with Crippen molar-refractivity contribution in [1.29, 1.82) is 0 Å². The fourth-order valence-corrected chi connectivity index (χ4v) is 0.886. The Bertz CT molecular complexity index is 329. The molecule has 6 heteroatoms. The first kappa shape index (κ1) is 14.1. The number of carbonyl (C=O) groups excluding carboxylic acids is 2. The Morgan fingerprint density at radius 1 is 1.27 bits per heavy atom. The van der Waals surface area contributed by atoms with Gasteiger partial charge in [-0.25, -0.2) is 4.79 Å². The molecule has 1 rings (SSSR count). The van der Waals surface area contributed by atoms with Crippen molar-refractivity contribution in [2.75, 3.05) is 6.54 Å². The summed E-state index contributed by atoms with van der Waals surface area (Å²) in [5.74, 6) is 3.57. The summed E-state index contributed by atoms with van der Waals surface area (Å²) in [5.41, 5.74) is 0.484. The molecule has 0 aromatic heterocycles. The summed E-state index contributed by atoms with van der Waals surface area (Å²) < 4.78 is 0. The number of benzene rings is 1. The number of nitrogens with two attached hydrogens (primary N) is 1. The van der Waals surface area contributed by atoms with E-state index in [1.165, 1.54) is 0 Å². The van der Waals surface area contributed by atoms with Gasteiger partial charge in [0.2, 0.25) is 0 Å². The average molecular weight is 218 g/mol. The fraction of sp³-hybridized carbons (Fsp3) is 0.111. The van der Waals surface area contributed by atoms with Crippen LogP contribution in [-0.2, 0) is 9.63 Å². The van der Waals surface area contributed by atoms with Gasteiger partial charge in [0.1, 0.15) is 6.54 Å². The van der Waals surface area contributed by atoms with Crippen LogP contribution in [0.3, 0.4) is 0 Å². The zero-order chi connectivity index (χ0) is 10.4. The second-order valence-electron chi connectivity index (χ2n) is 2.54. The molecule has 76 valence electrons. The van der Waals surface area contributed by atoms with E-state index in [0.717, 1.165) is 0 Å². The van der Waals surface area contributed by atoms with Crippen LogP contribution in [0.25, 0.3) is 0 Å². The van der Waals surface area contributed by atoms with Crippen LogP contribution in [0.15, 0.2) is 30.3 Å². The molecule has 15 heavy (non-hydrogen) atoms. The van der Waals surface area contributed by atoms with Crippen molar-refractivity contribution in [3.63, 3.8) is 0 Å². The van der Waals surface area contributed by atoms with E-state index in [9.17, 15) is 9.59 Å². The van der Waals surface area contributed by atoms with Crippen LogP contribution >= 0.6 is 0 Å². The number of rotatable bonds is 3. The van der Waals surface area contributed by atoms with Crippen LogP contribution < -0.4 is 11.2 Å². The third-order valence-electron chi connectivity index (χ3n) is 1.56.